The zero-order valence-corrected chi connectivity index (χ0v) is 9.67. The van der Waals surface area contributed by atoms with Crippen LogP contribution in [0.15, 0.2) is 29.0 Å². The van der Waals surface area contributed by atoms with Crippen LogP contribution in [0.3, 0.4) is 0 Å². The van der Waals surface area contributed by atoms with Gasteiger partial charge in [0.2, 0.25) is 0 Å². The number of hydrogen-bond donors (Lipinski definition) is 1. The van der Waals surface area contributed by atoms with Crippen LogP contribution in [0, 0.1) is 6.92 Å². The molecular formula is C11H14N2OS. The molecule has 0 bridgehead atoms. The fourth-order valence-electron chi connectivity index (χ4n) is 1.38. The second-order valence-electron chi connectivity index (χ2n) is 3.46. The van der Waals surface area contributed by atoms with Gasteiger partial charge in [-0.15, -0.1) is 11.3 Å². The van der Waals surface area contributed by atoms with Crippen LogP contribution in [0.1, 0.15) is 28.6 Å². The molecule has 0 saturated heterocycles. The zero-order valence-electron chi connectivity index (χ0n) is 8.86. The van der Waals surface area contributed by atoms with Crippen molar-refractivity contribution < 1.29 is 4.42 Å². The summed E-state index contributed by atoms with van der Waals surface area (Å²) in [7, 11) is 0. The van der Waals surface area contributed by atoms with E-state index in [1.807, 2.05) is 25.3 Å². The van der Waals surface area contributed by atoms with Gasteiger partial charge in [0.15, 0.2) is 0 Å². The van der Waals surface area contributed by atoms with E-state index in [0.29, 0.717) is 0 Å². The van der Waals surface area contributed by atoms with E-state index in [1.165, 1.54) is 4.88 Å². The standard InChI is InChI=1S/C11H14N2OS/c1-8(11-4-3-5-14-11)12-6-10-7-13-9(2)15-10/h3-5,7-8,12H,6H2,1-2H3/t8-/m0/s1. The largest absolute Gasteiger partial charge is 0.468 e. The summed E-state index contributed by atoms with van der Waals surface area (Å²) in [5.41, 5.74) is 0. The van der Waals surface area contributed by atoms with E-state index in [9.17, 15) is 0 Å². The number of nitrogens with one attached hydrogen (secondary N) is 1. The molecule has 15 heavy (non-hydrogen) atoms. The predicted octanol–water partition coefficient (Wildman–Crippen LogP) is 2.90. The summed E-state index contributed by atoms with van der Waals surface area (Å²) in [5.74, 6) is 0.969. The van der Waals surface area contributed by atoms with Gasteiger partial charge in [0.1, 0.15) is 5.76 Å². The van der Waals surface area contributed by atoms with Gasteiger partial charge in [-0.3, -0.25) is 0 Å². The number of aromatic nitrogens is 1. The Morgan fingerprint density at radius 1 is 1.60 bits per heavy atom. The smallest absolute Gasteiger partial charge is 0.120 e. The first-order chi connectivity index (χ1) is 7.25. The number of furan rings is 1. The Labute approximate surface area is 93.2 Å². The highest BCUT2D eigenvalue weighted by atomic mass is 32.1. The van der Waals surface area contributed by atoms with Crippen LogP contribution >= 0.6 is 11.3 Å². The Kier molecular flexibility index (Phi) is 3.18. The van der Waals surface area contributed by atoms with Crippen molar-refractivity contribution in [3.63, 3.8) is 0 Å². The SMILES string of the molecule is Cc1ncc(CN[C@@H](C)c2ccco2)s1. The quantitative estimate of drug-likeness (QED) is 0.864. The molecule has 4 heteroatoms. The van der Waals surface area contributed by atoms with E-state index in [-0.39, 0.29) is 6.04 Å². The molecule has 0 aromatic carbocycles. The normalized spacial score (nSPS) is 12.9. The molecule has 0 spiro atoms. The summed E-state index contributed by atoms with van der Waals surface area (Å²) in [6.07, 6.45) is 3.62. The van der Waals surface area contributed by atoms with Crippen molar-refractivity contribution in [1.29, 1.82) is 0 Å². The minimum atomic E-state index is 0.238. The topological polar surface area (TPSA) is 38.1 Å². The molecule has 3 nitrogen and oxygen atoms in total. The van der Waals surface area contributed by atoms with Crippen molar-refractivity contribution in [3.05, 3.63) is 40.2 Å². The van der Waals surface area contributed by atoms with E-state index in [2.05, 4.69) is 17.2 Å². The first kappa shape index (κ1) is 10.4. The van der Waals surface area contributed by atoms with Crippen molar-refractivity contribution >= 4 is 11.3 Å². The molecule has 2 heterocycles. The number of hydrogen-bond acceptors (Lipinski definition) is 4. The number of rotatable bonds is 4. The second kappa shape index (κ2) is 4.59. The van der Waals surface area contributed by atoms with Crippen LogP contribution in [0.4, 0.5) is 0 Å². The van der Waals surface area contributed by atoms with Gasteiger partial charge >= 0.3 is 0 Å². The highest BCUT2D eigenvalue weighted by molar-refractivity contribution is 7.11. The first-order valence-corrected chi connectivity index (χ1v) is 5.75. The maximum absolute atomic E-state index is 5.31. The number of thiazole rings is 1. The molecule has 80 valence electrons. The van der Waals surface area contributed by atoms with Gasteiger partial charge < -0.3 is 9.73 Å². The van der Waals surface area contributed by atoms with Crippen LogP contribution in [-0.4, -0.2) is 4.98 Å². The summed E-state index contributed by atoms with van der Waals surface area (Å²) < 4.78 is 5.31. The van der Waals surface area contributed by atoms with Gasteiger partial charge in [-0.25, -0.2) is 4.98 Å². The molecule has 0 aliphatic carbocycles. The summed E-state index contributed by atoms with van der Waals surface area (Å²) >= 11 is 1.72. The Morgan fingerprint density at radius 2 is 2.47 bits per heavy atom. The molecule has 2 aromatic rings. The van der Waals surface area contributed by atoms with Crippen LogP contribution < -0.4 is 5.32 Å². The van der Waals surface area contributed by atoms with E-state index in [4.69, 9.17) is 4.42 Å². The molecule has 2 aromatic heterocycles. The lowest BCUT2D eigenvalue weighted by molar-refractivity contribution is 0.431. The number of nitrogens with zero attached hydrogens (tertiary/aromatic N) is 1. The van der Waals surface area contributed by atoms with E-state index < -0.39 is 0 Å². The third-order valence-electron chi connectivity index (χ3n) is 2.22. The second-order valence-corrected chi connectivity index (χ2v) is 4.78. The van der Waals surface area contributed by atoms with Crippen molar-refractivity contribution in [3.8, 4) is 0 Å². The summed E-state index contributed by atoms with van der Waals surface area (Å²) in [5, 5.41) is 4.50. The highest BCUT2D eigenvalue weighted by Gasteiger charge is 2.07. The van der Waals surface area contributed by atoms with Crippen molar-refractivity contribution in [2.24, 2.45) is 0 Å². The molecular weight excluding hydrogens is 208 g/mol. The molecule has 0 aliphatic rings. The lowest BCUT2D eigenvalue weighted by Crippen LogP contribution is -2.16. The van der Waals surface area contributed by atoms with E-state index in [0.717, 1.165) is 17.3 Å². The molecule has 0 saturated carbocycles. The molecule has 0 aliphatic heterocycles. The Bertz CT molecular complexity index is 408. The summed E-state index contributed by atoms with van der Waals surface area (Å²) in [4.78, 5) is 5.47. The minimum absolute atomic E-state index is 0.238. The van der Waals surface area contributed by atoms with Gasteiger partial charge in [-0.2, -0.15) is 0 Å². The van der Waals surface area contributed by atoms with E-state index in [1.54, 1.807) is 17.6 Å². The van der Waals surface area contributed by atoms with Gasteiger partial charge in [0.05, 0.1) is 17.3 Å². The lowest BCUT2D eigenvalue weighted by atomic mass is 10.2. The highest BCUT2D eigenvalue weighted by Crippen LogP contribution is 2.15. The van der Waals surface area contributed by atoms with Gasteiger partial charge in [-0.1, -0.05) is 0 Å². The van der Waals surface area contributed by atoms with Crippen LogP contribution in [0.2, 0.25) is 0 Å². The Balaban J connectivity index is 1.88. The zero-order chi connectivity index (χ0) is 10.7. The molecule has 0 fully saturated rings. The van der Waals surface area contributed by atoms with Crippen LogP contribution in [0.25, 0.3) is 0 Å². The van der Waals surface area contributed by atoms with Crippen LogP contribution in [-0.2, 0) is 6.54 Å². The fourth-order valence-corrected chi connectivity index (χ4v) is 2.12. The minimum Gasteiger partial charge on any atom is -0.468 e. The van der Waals surface area contributed by atoms with Gasteiger partial charge in [-0.05, 0) is 26.0 Å². The molecule has 1 atom stereocenters. The molecule has 2 rings (SSSR count). The maximum atomic E-state index is 5.31. The third kappa shape index (κ3) is 2.67. The summed E-state index contributed by atoms with van der Waals surface area (Å²) in [6, 6.07) is 4.13. The van der Waals surface area contributed by atoms with Gasteiger partial charge in [0, 0.05) is 17.6 Å². The monoisotopic (exact) mass is 222 g/mol. The van der Waals surface area contributed by atoms with Crippen molar-refractivity contribution in [1.82, 2.24) is 10.3 Å². The Morgan fingerprint density at radius 3 is 3.07 bits per heavy atom. The molecule has 1 N–H and O–H groups in total. The van der Waals surface area contributed by atoms with E-state index >= 15 is 0 Å². The molecule has 0 unspecified atom stereocenters. The number of aryl methyl sites for hydroxylation is 1. The predicted molar refractivity (Wildman–Crippen MR) is 60.8 cm³/mol. The first-order valence-electron chi connectivity index (χ1n) is 4.94. The third-order valence-corrected chi connectivity index (χ3v) is 3.13. The average Bonchev–Trinajstić information content (AvgIpc) is 2.84. The maximum Gasteiger partial charge on any atom is 0.120 e. The Hall–Kier alpha value is -1.13. The summed E-state index contributed by atoms with van der Waals surface area (Å²) in [6.45, 7) is 4.95. The fraction of sp³-hybridized carbons (Fsp3) is 0.364. The lowest BCUT2D eigenvalue weighted by Gasteiger charge is -2.09. The van der Waals surface area contributed by atoms with Crippen molar-refractivity contribution in [2.45, 2.75) is 26.4 Å². The molecule has 0 amide bonds. The van der Waals surface area contributed by atoms with Gasteiger partial charge in [0.25, 0.3) is 0 Å². The van der Waals surface area contributed by atoms with Crippen LogP contribution in [0.5, 0.6) is 0 Å². The van der Waals surface area contributed by atoms with Crippen molar-refractivity contribution in [2.75, 3.05) is 0 Å². The molecule has 0 radical (unpaired) electrons. The average molecular weight is 222 g/mol.